The van der Waals surface area contributed by atoms with Crippen molar-refractivity contribution < 1.29 is 9.52 Å². The van der Waals surface area contributed by atoms with Crippen molar-refractivity contribution >= 4 is 11.0 Å². The molecular weight excluding hydrogens is 204 g/mol. The van der Waals surface area contributed by atoms with Crippen LogP contribution in [0.15, 0.2) is 40.1 Å². The van der Waals surface area contributed by atoms with E-state index in [0.29, 0.717) is 12.0 Å². The van der Waals surface area contributed by atoms with Gasteiger partial charge in [-0.2, -0.15) is 0 Å². The van der Waals surface area contributed by atoms with E-state index in [-0.39, 0.29) is 5.75 Å². The Labute approximate surface area is 92.6 Å². The molecule has 0 spiro atoms. The SMILES string of the molecule is C=CCc1cc2c(C)cc(=O)oc2cc1O. The first-order valence-electron chi connectivity index (χ1n) is 4.99. The number of hydrogen-bond donors (Lipinski definition) is 1. The molecular formula is C13H12O3. The van der Waals surface area contributed by atoms with Gasteiger partial charge >= 0.3 is 5.63 Å². The summed E-state index contributed by atoms with van der Waals surface area (Å²) < 4.78 is 5.02. The minimum absolute atomic E-state index is 0.126. The highest BCUT2D eigenvalue weighted by Crippen LogP contribution is 2.26. The molecule has 2 rings (SSSR count). The van der Waals surface area contributed by atoms with E-state index in [0.717, 1.165) is 16.5 Å². The maximum atomic E-state index is 11.2. The summed E-state index contributed by atoms with van der Waals surface area (Å²) in [4.78, 5) is 11.2. The highest BCUT2D eigenvalue weighted by atomic mass is 16.4. The van der Waals surface area contributed by atoms with Gasteiger partial charge in [-0.25, -0.2) is 4.79 Å². The highest BCUT2D eigenvalue weighted by Gasteiger charge is 2.07. The second-order valence-electron chi connectivity index (χ2n) is 3.72. The average molecular weight is 216 g/mol. The monoisotopic (exact) mass is 216 g/mol. The first-order chi connectivity index (χ1) is 7.61. The second kappa shape index (κ2) is 3.85. The number of phenols is 1. The molecule has 0 atom stereocenters. The van der Waals surface area contributed by atoms with Crippen LogP contribution in [0, 0.1) is 6.92 Å². The summed E-state index contributed by atoms with van der Waals surface area (Å²) >= 11 is 0. The molecule has 0 bridgehead atoms. The smallest absolute Gasteiger partial charge is 0.336 e. The first kappa shape index (κ1) is 10.5. The zero-order valence-electron chi connectivity index (χ0n) is 8.99. The van der Waals surface area contributed by atoms with Gasteiger partial charge in [0.2, 0.25) is 0 Å². The lowest BCUT2D eigenvalue weighted by molar-refractivity contribution is 0.467. The van der Waals surface area contributed by atoms with Crippen LogP contribution < -0.4 is 5.63 Å². The Morgan fingerprint density at radius 1 is 1.44 bits per heavy atom. The van der Waals surface area contributed by atoms with Crippen LogP contribution in [0.25, 0.3) is 11.0 Å². The molecule has 1 heterocycles. The summed E-state index contributed by atoms with van der Waals surface area (Å²) in [5.74, 6) is 0.126. The molecule has 0 unspecified atom stereocenters. The minimum Gasteiger partial charge on any atom is -0.508 e. The van der Waals surface area contributed by atoms with E-state index in [2.05, 4.69) is 6.58 Å². The molecule has 1 aromatic carbocycles. The first-order valence-corrected chi connectivity index (χ1v) is 4.99. The maximum Gasteiger partial charge on any atom is 0.336 e. The Balaban J connectivity index is 2.78. The van der Waals surface area contributed by atoms with Crippen LogP contribution in [0.3, 0.4) is 0 Å². The number of benzene rings is 1. The van der Waals surface area contributed by atoms with Gasteiger partial charge in [0.1, 0.15) is 11.3 Å². The number of hydrogen-bond acceptors (Lipinski definition) is 3. The molecule has 0 amide bonds. The van der Waals surface area contributed by atoms with Gasteiger partial charge in [-0.3, -0.25) is 0 Å². The summed E-state index contributed by atoms with van der Waals surface area (Å²) in [6.07, 6.45) is 2.30. The van der Waals surface area contributed by atoms with Crippen molar-refractivity contribution in [3.05, 3.63) is 52.4 Å². The highest BCUT2D eigenvalue weighted by molar-refractivity contribution is 5.82. The molecule has 0 fully saturated rings. The average Bonchev–Trinajstić information content (AvgIpc) is 2.20. The lowest BCUT2D eigenvalue weighted by Crippen LogP contribution is -1.98. The predicted octanol–water partition coefficient (Wildman–Crippen LogP) is 2.54. The Morgan fingerprint density at radius 3 is 2.88 bits per heavy atom. The van der Waals surface area contributed by atoms with E-state index in [1.54, 1.807) is 6.08 Å². The molecule has 82 valence electrons. The van der Waals surface area contributed by atoms with Crippen LogP contribution in [-0.4, -0.2) is 5.11 Å². The number of aryl methyl sites for hydroxylation is 1. The molecule has 1 aromatic heterocycles. The lowest BCUT2D eigenvalue weighted by atomic mass is 10.0. The molecule has 0 aliphatic carbocycles. The number of allylic oxidation sites excluding steroid dienone is 1. The van der Waals surface area contributed by atoms with Crippen molar-refractivity contribution in [3.8, 4) is 5.75 Å². The summed E-state index contributed by atoms with van der Waals surface area (Å²) in [5.41, 5.74) is 1.63. The van der Waals surface area contributed by atoms with Crippen molar-refractivity contribution in [1.82, 2.24) is 0 Å². The standard InChI is InChI=1S/C13H12O3/c1-3-4-9-6-10-8(2)5-13(15)16-12(10)7-11(9)14/h3,5-7,14H,1,4H2,2H3. The van der Waals surface area contributed by atoms with E-state index in [4.69, 9.17) is 4.42 Å². The quantitative estimate of drug-likeness (QED) is 0.620. The largest absolute Gasteiger partial charge is 0.508 e. The number of aromatic hydroxyl groups is 1. The third-order valence-electron chi connectivity index (χ3n) is 2.51. The Bertz CT molecular complexity index is 608. The van der Waals surface area contributed by atoms with E-state index >= 15 is 0 Å². The van der Waals surface area contributed by atoms with Crippen molar-refractivity contribution in [3.63, 3.8) is 0 Å². The zero-order valence-corrected chi connectivity index (χ0v) is 8.99. The summed E-state index contributed by atoms with van der Waals surface area (Å²) in [7, 11) is 0. The van der Waals surface area contributed by atoms with E-state index < -0.39 is 5.63 Å². The van der Waals surface area contributed by atoms with E-state index in [1.165, 1.54) is 12.1 Å². The Morgan fingerprint density at radius 2 is 2.19 bits per heavy atom. The van der Waals surface area contributed by atoms with Gasteiger partial charge in [0.05, 0.1) is 0 Å². The fourth-order valence-corrected chi connectivity index (χ4v) is 1.72. The van der Waals surface area contributed by atoms with E-state index in [1.807, 2.05) is 13.0 Å². The second-order valence-corrected chi connectivity index (χ2v) is 3.72. The van der Waals surface area contributed by atoms with Crippen LogP contribution >= 0.6 is 0 Å². The molecule has 0 saturated carbocycles. The Hall–Kier alpha value is -2.03. The van der Waals surface area contributed by atoms with Crippen LogP contribution in [0.2, 0.25) is 0 Å². The molecule has 0 radical (unpaired) electrons. The normalized spacial score (nSPS) is 10.6. The third kappa shape index (κ3) is 1.72. The van der Waals surface area contributed by atoms with Crippen LogP contribution in [0.4, 0.5) is 0 Å². The lowest BCUT2D eigenvalue weighted by Gasteiger charge is -2.05. The molecule has 0 aliphatic heterocycles. The number of phenolic OH excluding ortho intramolecular Hbond substituents is 1. The molecule has 3 heteroatoms. The van der Waals surface area contributed by atoms with Gasteiger partial charge in [0.25, 0.3) is 0 Å². The van der Waals surface area contributed by atoms with Crippen LogP contribution in [0.1, 0.15) is 11.1 Å². The predicted molar refractivity (Wildman–Crippen MR) is 62.8 cm³/mol. The number of rotatable bonds is 2. The van der Waals surface area contributed by atoms with Gasteiger partial charge in [0.15, 0.2) is 0 Å². The van der Waals surface area contributed by atoms with Crippen molar-refractivity contribution in [2.24, 2.45) is 0 Å². The summed E-state index contributed by atoms with van der Waals surface area (Å²) in [5, 5.41) is 10.6. The van der Waals surface area contributed by atoms with E-state index in [9.17, 15) is 9.90 Å². The molecule has 0 saturated heterocycles. The topological polar surface area (TPSA) is 50.4 Å². The molecule has 1 N–H and O–H groups in total. The molecule has 2 aromatic rings. The van der Waals surface area contributed by atoms with Gasteiger partial charge < -0.3 is 9.52 Å². The van der Waals surface area contributed by atoms with Crippen LogP contribution in [-0.2, 0) is 6.42 Å². The fraction of sp³-hybridized carbons (Fsp3) is 0.154. The van der Waals surface area contributed by atoms with Gasteiger partial charge in [-0.15, -0.1) is 6.58 Å². The van der Waals surface area contributed by atoms with Crippen molar-refractivity contribution in [2.45, 2.75) is 13.3 Å². The Kier molecular flexibility index (Phi) is 2.52. The zero-order chi connectivity index (χ0) is 11.7. The summed E-state index contributed by atoms with van der Waals surface area (Å²) in [6, 6.07) is 4.74. The maximum absolute atomic E-state index is 11.2. The van der Waals surface area contributed by atoms with Gasteiger partial charge in [-0.05, 0) is 30.5 Å². The third-order valence-corrected chi connectivity index (χ3v) is 2.51. The molecule has 3 nitrogen and oxygen atoms in total. The molecule has 16 heavy (non-hydrogen) atoms. The number of fused-ring (bicyclic) bond motifs is 1. The molecule has 0 aliphatic rings. The minimum atomic E-state index is -0.402. The van der Waals surface area contributed by atoms with Crippen molar-refractivity contribution in [1.29, 1.82) is 0 Å². The van der Waals surface area contributed by atoms with Crippen LogP contribution in [0.5, 0.6) is 5.75 Å². The van der Waals surface area contributed by atoms with Gasteiger partial charge in [-0.1, -0.05) is 6.08 Å². The van der Waals surface area contributed by atoms with Crippen molar-refractivity contribution in [2.75, 3.05) is 0 Å². The fourth-order valence-electron chi connectivity index (χ4n) is 1.72. The summed E-state index contributed by atoms with van der Waals surface area (Å²) in [6.45, 7) is 5.47. The van der Waals surface area contributed by atoms with Gasteiger partial charge in [0, 0.05) is 17.5 Å².